The summed E-state index contributed by atoms with van der Waals surface area (Å²) in [5, 5.41) is 11.7. The standard InChI is InChI=1S/C14H25NO4/c1-2-3-4-5-6-7-8-13(16)15-12-10-19-9-11(12)14(17)18/h11-12H,2-10H2,1H3,(H,15,16)(H,17,18). The third-order valence-corrected chi connectivity index (χ3v) is 3.50. The van der Waals surface area contributed by atoms with Crippen molar-refractivity contribution < 1.29 is 19.4 Å². The molecule has 1 amide bonds. The second-order valence-electron chi connectivity index (χ2n) is 5.17. The predicted molar refractivity (Wildman–Crippen MR) is 71.9 cm³/mol. The average molecular weight is 271 g/mol. The van der Waals surface area contributed by atoms with Crippen LogP contribution in [0.15, 0.2) is 0 Å². The minimum Gasteiger partial charge on any atom is -0.481 e. The fraction of sp³-hybridized carbons (Fsp3) is 0.857. The Labute approximate surface area is 114 Å². The van der Waals surface area contributed by atoms with Crippen LogP contribution in [0, 0.1) is 5.92 Å². The van der Waals surface area contributed by atoms with E-state index in [-0.39, 0.29) is 18.6 Å². The zero-order chi connectivity index (χ0) is 14.1. The molecule has 5 heteroatoms. The Bertz CT molecular complexity index is 293. The molecule has 1 heterocycles. The summed E-state index contributed by atoms with van der Waals surface area (Å²) in [5.41, 5.74) is 0. The van der Waals surface area contributed by atoms with Gasteiger partial charge >= 0.3 is 5.97 Å². The molecule has 5 nitrogen and oxygen atoms in total. The monoisotopic (exact) mass is 271 g/mol. The Morgan fingerprint density at radius 1 is 1.16 bits per heavy atom. The molecule has 1 aliphatic heterocycles. The summed E-state index contributed by atoms with van der Waals surface area (Å²) in [6, 6.07) is -0.370. The molecular formula is C14H25NO4. The van der Waals surface area contributed by atoms with E-state index >= 15 is 0 Å². The first-order chi connectivity index (χ1) is 9.15. The van der Waals surface area contributed by atoms with E-state index in [2.05, 4.69) is 12.2 Å². The lowest BCUT2D eigenvalue weighted by Crippen LogP contribution is -2.42. The molecule has 0 bridgehead atoms. The number of carboxylic acid groups (broad SMARTS) is 1. The Morgan fingerprint density at radius 3 is 2.53 bits per heavy atom. The van der Waals surface area contributed by atoms with Gasteiger partial charge in [-0.1, -0.05) is 39.0 Å². The van der Waals surface area contributed by atoms with Crippen molar-refractivity contribution in [2.24, 2.45) is 5.92 Å². The summed E-state index contributed by atoms with van der Waals surface area (Å²) in [6.45, 7) is 2.67. The molecule has 110 valence electrons. The maximum Gasteiger partial charge on any atom is 0.311 e. The lowest BCUT2D eigenvalue weighted by atomic mass is 10.0. The molecule has 0 aliphatic carbocycles. The average Bonchev–Trinajstić information content (AvgIpc) is 2.81. The van der Waals surface area contributed by atoms with E-state index in [4.69, 9.17) is 9.84 Å². The molecule has 0 spiro atoms. The van der Waals surface area contributed by atoms with Crippen LogP contribution in [0.4, 0.5) is 0 Å². The van der Waals surface area contributed by atoms with Crippen molar-refractivity contribution >= 4 is 11.9 Å². The first-order valence-electron chi connectivity index (χ1n) is 7.25. The lowest BCUT2D eigenvalue weighted by Gasteiger charge is -2.15. The molecule has 0 aromatic rings. The topological polar surface area (TPSA) is 75.6 Å². The Kier molecular flexibility index (Phi) is 7.48. The van der Waals surface area contributed by atoms with E-state index in [0.29, 0.717) is 13.0 Å². The molecular weight excluding hydrogens is 246 g/mol. The van der Waals surface area contributed by atoms with E-state index in [1.807, 2.05) is 0 Å². The third kappa shape index (κ3) is 6.05. The van der Waals surface area contributed by atoms with Crippen molar-refractivity contribution in [1.29, 1.82) is 0 Å². The quantitative estimate of drug-likeness (QED) is 0.628. The summed E-state index contributed by atoms with van der Waals surface area (Å²) in [6.07, 6.45) is 7.30. The van der Waals surface area contributed by atoms with Crippen LogP contribution in [0.1, 0.15) is 51.9 Å². The normalized spacial score (nSPS) is 22.4. The van der Waals surface area contributed by atoms with E-state index in [0.717, 1.165) is 12.8 Å². The molecule has 0 radical (unpaired) electrons. The van der Waals surface area contributed by atoms with Crippen molar-refractivity contribution in [1.82, 2.24) is 5.32 Å². The van der Waals surface area contributed by atoms with Gasteiger partial charge in [0.1, 0.15) is 5.92 Å². The summed E-state index contributed by atoms with van der Waals surface area (Å²) in [4.78, 5) is 22.6. The number of rotatable bonds is 9. The molecule has 1 saturated heterocycles. The van der Waals surface area contributed by atoms with Crippen molar-refractivity contribution in [3.05, 3.63) is 0 Å². The maximum atomic E-state index is 11.7. The van der Waals surface area contributed by atoms with Gasteiger partial charge in [-0.15, -0.1) is 0 Å². The Hall–Kier alpha value is -1.10. The van der Waals surface area contributed by atoms with Gasteiger partial charge in [-0.3, -0.25) is 9.59 Å². The Balaban J connectivity index is 2.12. The number of carboxylic acids is 1. The smallest absolute Gasteiger partial charge is 0.311 e. The van der Waals surface area contributed by atoms with Crippen LogP contribution in [0.2, 0.25) is 0 Å². The van der Waals surface area contributed by atoms with Crippen LogP contribution in [0.5, 0.6) is 0 Å². The van der Waals surface area contributed by atoms with Gasteiger partial charge in [-0.2, -0.15) is 0 Å². The van der Waals surface area contributed by atoms with Gasteiger partial charge in [0.2, 0.25) is 5.91 Å². The minimum atomic E-state index is -0.901. The molecule has 0 saturated carbocycles. The highest BCUT2D eigenvalue weighted by molar-refractivity contribution is 5.78. The minimum absolute atomic E-state index is 0.0581. The highest BCUT2D eigenvalue weighted by Gasteiger charge is 2.34. The van der Waals surface area contributed by atoms with Crippen molar-refractivity contribution in [3.8, 4) is 0 Å². The number of amides is 1. The van der Waals surface area contributed by atoms with E-state index in [1.54, 1.807) is 0 Å². The number of aliphatic carboxylic acids is 1. The number of hydrogen-bond acceptors (Lipinski definition) is 3. The lowest BCUT2D eigenvalue weighted by molar-refractivity contribution is -0.142. The summed E-state index contributed by atoms with van der Waals surface area (Å²) in [7, 11) is 0. The van der Waals surface area contributed by atoms with E-state index in [9.17, 15) is 9.59 Å². The van der Waals surface area contributed by atoms with Crippen LogP contribution in [-0.2, 0) is 14.3 Å². The molecule has 2 N–H and O–H groups in total. The number of unbranched alkanes of at least 4 members (excludes halogenated alkanes) is 5. The first-order valence-corrected chi connectivity index (χ1v) is 7.25. The van der Waals surface area contributed by atoms with E-state index < -0.39 is 11.9 Å². The summed E-state index contributed by atoms with van der Waals surface area (Å²) in [5.74, 6) is -1.56. The summed E-state index contributed by atoms with van der Waals surface area (Å²) < 4.78 is 5.11. The van der Waals surface area contributed by atoms with Crippen LogP contribution in [0.25, 0.3) is 0 Å². The van der Waals surface area contributed by atoms with Crippen LogP contribution < -0.4 is 5.32 Å². The third-order valence-electron chi connectivity index (χ3n) is 3.50. The van der Waals surface area contributed by atoms with Crippen LogP contribution in [0.3, 0.4) is 0 Å². The summed E-state index contributed by atoms with van der Waals surface area (Å²) >= 11 is 0. The number of carbonyl (C=O) groups is 2. The molecule has 19 heavy (non-hydrogen) atoms. The highest BCUT2D eigenvalue weighted by Crippen LogP contribution is 2.14. The fourth-order valence-electron chi connectivity index (χ4n) is 2.28. The number of nitrogens with one attached hydrogen (secondary N) is 1. The zero-order valence-electron chi connectivity index (χ0n) is 11.7. The van der Waals surface area contributed by atoms with Crippen molar-refractivity contribution in [3.63, 3.8) is 0 Å². The molecule has 2 unspecified atom stereocenters. The van der Waals surface area contributed by atoms with Gasteiger partial charge in [0, 0.05) is 6.42 Å². The van der Waals surface area contributed by atoms with Gasteiger partial charge in [-0.25, -0.2) is 0 Å². The highest BCUT2D eigenvalue weighted by atomic mass is 16.5. The molecule has 0 aromatic heterocycles. The largest absolute Gasteiger partial charge is 0.481 e. The molecule has 1 aliphatic rings. The second-order valence-corrected chi connectivity index (χ2v) is 5.17. The zero-order valence-corrected chi connectivity index (χ0v) is 11.7. The van der Waals surface area contributed by atoms with Crippen LogP contribution >= 0.6 is 0 Å². The molecule has 0 aromatic carbocycles. The van der Waals surface area contributed by atoms with Crippen molar-refractivity contribution in [2.45, 2.75) is 57.9 Å². The van der Waals surface area contributed by atoms with Gasteiger partial charge < -0.3 is 15.2 Å². The number of hydrogen-bond donors (Lipinski definition) is 2. The molecule has 1 rings (SSSR count). The SMILES string of the molecule is CCCCCCCCC(=O)NC1COCC1C(=O)O. The van der Waals surface area contributed by atoms with Crippen LogP contribution in [-0.4, -0.2) is 36.2 Å². The van der Waals surface area contributed by atoms with Gasteiger partial charge in [-0.05, 0) is 6.42 Å². The van der Waals surface area contributed by atoms with Gasteiger partial charge in [0.15, 0.2) is 0 Å². The van der Waals surface area contributed by atoms with E-state index in [1.165, 1.54) is 25.7 Å². The number of carbonyl (C=O) groups excluding carboxylic acids is 1. The molecule has 2 atom stereocenters. The van der Waals surface area contributed by atoms with Crippen molar-refractivity contribution in [2.75, 3.05) is 13.2 Å². The number of ether oxygens (including phenoxy) is 1. The van der Waals surface area contributed by atoms with Gasteiger partial charge in [0.25, 0.3) is 0 Å². The second kappa shape index (κ2) is 8.91. The van der Waals surface area contributed by atoms with Gasteiger partial charge in [0.05, 0.1) is 19.3 Å². The Morgan fingerprint density at radius 2 is 1.84 bits per heavy atom. The fourth-order valence-corrected chi connectivity index (χ4v) is 2.28. The predicted octanol–water partition coefficient (Wildman–Crippen LogP) is 1.95. The molecule has 1 fully saturated rings. The maximum absolute atomic E-state index is 11.7. The first kappa shape index (κ1) is 16.0.